The Morgan fingerprint density at radius 1 is 1.29 bits per heavy atom. The van der Waals surface area contributed by atoms with Gasteiger partial charge >= 0.3 is 0 Å². The number of fused-ring (bicyclic) bond motifs is 1. The molecule has 3 rings (SSSR count). The molecule has 0 bridgehead atoms. The molecule has 24 heavy (non-hydrogen) atoms. The number of benzene rings is 1. The molecule has 1 aliphatic rings. The number of piperidine rings is 1. The van der Waals surface area contributed by atoms with E-state index in [0.717, 1.165) is 23.7 Å². The molecule has 1 aliphatic heterocycles. The highest BCUT2D eigenvalue weighted by Gasteiger charge is 2.24. The zero-order chi connectivity index (χ0) is 16.9. The highest BCUT2D eigenvalue weighted by atomic mass is 16.5. The molecule has 0 aliphatic carbocycles. The maximum Gasteiger partial charge on any atom is 0.253 e. The van der Waals surface area contributed by atoms with Crippen LogP contribution in [0.4, 0.5) is 0 Å². The summed E-state index contributed by atoms with van der Waals surface area (Å²) in [6.45, 7) is 1.82. The summed E-state index contributed by atoms with van der Waals surface area (Å²) in [5, 5.41) is 4.13. The van der Waals surface area contributed by atoms with Crippen molar-refractivity contribution >= 4 is 22.7 Å². The van der Waals surface area contributed by atoms with E-state index in [-0.39, 0.29) is 17.9 Å². The minimum Gasteiger partial charge on any atom is -0.384 e. The predicted molar refractivity (Wildman–Crippen MR) is 91.9 cm³/mol. The number of H-pyrrole nitrogens is 1. The molecular formula is C18H23N3O3. The van der Waals surface area contributed by atoms with Crippen LogP contribution in [0.5, 0.6) is 0 Å². The van der Waals surface area contributed by atoms with Crippen LogP contribution < -0.4 is 5.32 Å². The van der Waals surface area contributed by atoms with Gasteiger partial charge in [-0.1, -0.05) is 12.1 Å². The van der Waals surface area contributed by atoms with E-state index in [0.29, 0.717) is 31.7 Å². The molecule has 0 radical (unpaired) electrons. The van der Waals surface area contributed by atoms with Gasteiger partial charge in [0.15, 0.2) is 0 Å². The Morgan fingerprint density at radius 3 is 2.83 bits per heavy atom. The second-order valence-corrected chi connectivity index (χ2v) is 6.12. The van der Waals surface area contributed by atoms with E-state index in [2.05, 4.69) is 10.3 Å². The van der Waals surface area contributed by atoms with Crippen molar-refractivity contribution in [3.05, 3.63) is 36.0 Å². The lowest BCUT2D eigenvalue weighted by Crippen LogP contribution is -2.46. The molecule has 1 saturated heterocycles. The van der Waals surface area contributed by atoms with Gasteiger partial charge in [0.1, 0.15) is 0 Å². The second kappa shape index (κ2) is 7.49. The SMILES string of the molecule is COCCC(=O)N1CCC(NC(=O)c2cccc3cc[nH]c23)CC1. The van der Waals surface area contributed by atoms with Gasteiger partial charge in [-0.3, -0.25) is 9.59 Å². The Labute approximate surface area is 141 Å². The van der Waals surface area contributed by atoms with E-state index in [9.17, 15) is 9.59 Å². The number of hydrogen-bond donors (Lipinski definition) is 2. The smallest absolute Gasteiger partial charge is 0.253 e. The molecule has 0 atom stereocenters. The molecule has 2 heterocycles. The molecule has 6 nitrogen and oxygen atoms in total. The maximum absolute atomic E-state index is 12.6. The fourth-order valence-corrected chi connectivity index (χ4v) is 3.16. The van der Waals surface area contributed by atoms with Crippen LogP contribution >= 0.6 is 0 Å². The van der Waals surface area contributed by atoms with Crippen molar-refractivity contribution in [3.63, 3.8) is 0 Å². The maximum atomic E-state index is 12.6. The van der Waals surface area contributed by atoms with Crippen LogP contribution in [-0.2, 0) is 9.53 Å². The van der Waals surface area contributed by atoms with Crippen molar-refractivity contribution < 1.29 is 14.3 Å². The van der Waals surface area contributed by atoms with Gasteiger partial charge in [-0.05, 0) is 25.0 Å². The van der Waals surface area contributed by atoms with E-state index in [1.54, 1.807) is 7.11 Å². The monoisotopic (exact) mass is 329 g/mol. The molecule has 128 valence electrons. The third-order valence-electron chi connectivity index (χ3n) is 4.53. The number of nitrogens with one attached hydrogen (secondary N) is 2. The number of aromatic amines is 1. The number of nitrogens with zero attached hydrogens (tertiary/aromatic N) is 1. The predicted octanol–water partition coefficient (Wildman–Crippen LogP) is 1.93. The zero-order valence-corrected chi connectivity index (χ0v) is 13.9. The van der Waals surface area contributed by atoms with Gasteiger partial charge in [0, 0.05) is 37.8 Å². The van der Waals surface area contributed by atoms with E-state index in [4.69, 9.17) is 4.74 Å². The van der Waals surface area contributed by atoms with Gasteiger partial charge in [0.2, 0.25) is 5.91 Å². The lowest BCUT2D eigenvalue weighted by atomic mass is 10.0. The van der Waals surface area contributed by atoms with Crippen LogP contribution in [0, 0.1) is 0 Å². The fraction of sp³-hybridized carbons (Fsp3) is 0.444. The summed E-state index contributed by atoms with van der Waals surface area (Å²) in [7, 11) is 1.60. The van der Waals surface area contributed by atoms with Gasteiger partial charge in [-0.15, -0.1) is 0 Å². The summed E-state index contributed by atoms with van der Waals surface area (Å²) in [4.78, 5) is 29.5. The fourth-order valence-electron chi connectivity index (χ4n) is 3.16. The lowest BCUT2D eigenvalue weighted by Gasteiger charge is -2.32. The molecule has 6 heteroatoms. The molecule has 1 fully saturated rings. The summed E-state index contributed by atoms with van der Waals surface area (Å²) in [6.07, 6.45) is 3.82. The molecule has 0 spiro atoms. The summed E-state index contributed by atoms with van der Waals surface area (Å²) >= 11 is 0. The number of carbonyl (C=O) groups is 2. The van der Waals surface area contributed by atoms with Crippen LogP contribution in [0.2, 0.25) is 0 Å². The van der Waals surface area contributed by atoms with Crippen molar-refractivity contribution in [2.75, 3.05) is 26.8 Å². The minimum absolute atomic E-state index is 0.0628. The minimum atomic E-state index is -0.0628. The quantitative estimate of drug-likeness (QED) is 0.880. The van der Waals surface area contributed by atoms with Crippen molar-refractivity contribution in [2.45, 2.75) is 25.3 Å². The molecule has 0 unspecified atom stereocenters. The third-order valence-corrected chi connectivity index (χ3v) is 4.53. The first kappa shape index (κ1) is 16.5. The highest BCUT2D eigenvalue weighted by molar-refractivity contribution is 6.05. The topological polar surface area (TPSA) is 74.4 Å². The highest BCUT2D eigenvalue weighted by Crippen LogP contribution is 2.18. The Bertz CT molecular complexity index is 717. The second-order valence-electron chi connectivity index (χ2n) is 6.12. The van der Waals surface area contributed by atoms with Gasteiger partial charge < -0.3 is 19.9 Å². The van der Waals surface area contributed by atoms with Crippen molar-refractivity contribution in [1.82, 2.24) is 15.2 Å². The summed E-state index contributed by atoms with van der Waals surface area (Å²) in [6, 6.07) is 7.76. The van der Waals surface area contributed by atoms with E-state index < -0.39 is 0 Å². The van der Waals surface area contributed by atoms with Crippen LogP contribution in [0.3, 0.4) is 0 Å². The Balaban J connectivity index is 1.55. The number of methoxy groups -OCH3 is 1. The number of aromatic nitrogens is 1. The van der Waals surface area contributed by atoms with Crippen molar-refractivity contribution in [3.8, 4) is 0 Å². The van der Waals surface area contributed by atoms with E-state index >= 15 is 0 Å². The Kier molecular flexibility index (Phi) is 5.15. The van der Waals surface area contributed by atoms with E-state index in [1.807, 2.05) is 35.4 Å². The first-order valence-corrected chi connectivity index (χ1v) is 8.32. The molecule has 1 aromatic heterocycles. The Morgan fingerprint density at radius 2 is 2.08 bits per heavy atom. The molecule has 2 amide bonds. The molecular weight excluding hydrogens is 306 g/mol. The summed E-state index contributed by atoms with van der Waals surface area (Å²) < 4.78 is 4.95. The summed E-state index contributed by atoms with van der Waals surface area (Å²) in [5.41, 5.74) is 1.53. The third kappa shape index (κ3) is 3.59. The van der Waals surface area contributed by atoms with Gasteiger partial charge in [0.25, 0.3) is 5.91 Å². The number of rotatable bonds is 5. The molecule has 2 N–H and O–H groups in total. The van der Waals surface area contributed by atoms with Gasteiger partial charge in [0.05, 0.1) is 24.1 Å². The summed E-state index contributed by atoms with van der Waals surface area (Å²) in [5.74, 6) is 0.0602. The number of para-hydroxylation sites is 1. The van der Waals surface area contributed by atoms with Crippen molar-refractivity contribution in [2.24, 2.45) is 0 Å². The van der Waals surface area contributed by atoms with Crippen LogP contribution in [0.15, 0.2) is 30.5 Å². The number of ether oxygens (including phenoxy) is 1. The zero-order valence-electron chi connectivity index (χ0n) is 13.9. The first-order valence-electron chi connectivity index (χ1n) is 8.32. The van der Waals surface area contributed by atoms with Gasteiger partial charge in [-0.25, -0.2) is 0 Å². The number of carbonyl (C=O) groups excluding carboxylic acids is 2. The largest absolute Gasteiger partial charge is 0.384 e. The molecule has 2 aromatic rings. The average Bonchev–Trinajstić information content (AvgIpc) is 3.08. The lowest BCUT2D eigenvalue weighted by molar-refractivity contribution is -0.133. The molecule has 1 aromatic carbocycles. The van der Waals surface area contributed by atoms with Crippen LogP contribution in [0.25, 0.3) is 10.9 Å². The normalized spacial score (nSPS) is 15.6. The van der Waals surface area contributed by atoms with E-state index in [1.165, 1.54) is 0 Å². The number of likely N-dealkylation sites (tertiary alicyclic amines) is 1. The first-order chi connectivity index (χ1) is 11.7. The molecule has 0 saturated carbocycles. The van der Waals surface area contributed by atoms with Crippen LogP contribution in [-0.4, -0.2) is 54.5 Å². The number of hydrogen-bond acceptors (Lipinski definition) is 3. The van der Waals surface area contributed by atoms with Crippen LogP contribution in [0.1, 0.15) is 29.6 Å². The standard InChI is InChI=1S/C18H23N3O3/c1-24-12-8-16(22)21-10-6-14(7-11-21)20-18(23)15-4-2-3-13-5-9-19-17(13)15/h2-5,9,14,19H,6-8,10-12H2,1H3,(H,20,23). The Hall–Kier alpha value is -2.34. The van der Waals surface area contributed by atoms with Gasteiger partial charge in [-0.2, -0.15) is 0 Å². The van der Waals surface area contributed by atoms with Crippen molar-refractivity contribution in [1.29, 1.82) is 0 Å². The number of amides is 2. The average molecular weight is 329 g/mol.